The van der Waals surface area contributed by atoms with Crippen molar-refractivity contribution in [1.29, 1.82) is 0 Å². The molecule has 0 heterocycles. The summed E-state index contributed by atoms with van der Waals surface area (Å²) in [5, 5.41) is 22.2. The lowest BCUT2D eigenvalue weighted by Gasteiger charge is -2.21. The highest BCUT2D eigenvalue weighted by molar-refractivity contribution is 5.91. The van der Waals surface area contributed by atoms with Gasteiger partial charge in [0.25, 0.3) is 0 Å². The van der Waals surface area contributed by atoms with Crippen molar-refractivity contribution in [1.82, 2.24) is 10.6 Å². The van der Waals surface area contributed by atoms with Gasteiger partial charge in [-0.1, -0.05) is 13.8 Å². The number of carbonyl (C=O) groups is 3. The van der Waals surface area contributed by atoms with Gasteiger partial charge >= 0.3 is 5.97 Å². The van der Waals surface area contributed by atoms with Crippen LogP contribution < -0.4 is 16.4 Å². The van der Waals surface area contributed by atoms with E-state index in [1.807, 2.05) is 0 Å². The number of carboxylic acid groups (broad SMARTS) is 1. The Kier molecular flexibility index (Phi) is 7.02. The number of aliphatic carboxylic acids is 1. The molecule has 3 unspecified atom stereocenters. The molecular weight excluding hydrogens is 254 g/mol. The van der Waals surface area contributed by atoms with Crippen LogP contribution in [-0.4, -0.2) is 52.7 Å². The number of rotatable bonds is 7. The molecular formula is C11H21N3O5. The van der Waals surface area contributed by atoms with E-state index >= 15 is 0 Å². The molecule has 2 amide bonds. The molecule has 8 nitrogen and oxygen atoms in total. The Bertz CT molecular complexity index is 345. The maximum atomic E-state index is 11.7. The number of aliphatic hydroxyl groups excluding tert-OH is 1. The molecule has 0 aliphatic heterocycles. The molecule has 6 N–H and O–H groups in total. The van der Waals surface area contributed by atoms with Crippen LogP contribution in [0.25, 0.3) is 0 Å². The predicted octanol–water partition coefficient (Wildman–Crippen LogP) is -1.96. The van der Waals surface area contributed by atoms with Crippen molar-refractivity contribution in [3.8, 4) is 0 Å². The van der Waals surface area contributed by atoms with Crippen LogP contribution in [0.1, 0.15) is 20.8 Å². The van der Waals surface area contributed by atoms with Crippen molar-refractivity contribution in [2.24, 2.45) is 11.7 Å². The second kappa shape index (κ2) is 7.70. The Hall–Kier alpha value is -1.67. The number of aliphatic hydroxyl groups is 1. The SMILES string of the molecule is CC(NC(=O)C(N)CO)C(=O)NC(C(=O)O)C(C)C. The minimum atomic E-state index is -1.14. The van der Waals surface area contributed by atoms with E-state index in [-0.39, 0.29) is 5.92 Å². The molecule has 110 valence electrons. The zero-order chi connectivity index (χ0) is 15.2. The molecule has 0 spiro atoms. The van der Waals surface area contributed by atoms with Gasteiger partial charge in [-0.3, -0.25) is 9.59 Å². The Morgan fingerprint density at radius 1 is 1.11 bits per heavy atom. The monoisotopic (exact) mass is 275 g/mol. The van der Waals surface area contributed by atoms with Gasteiger partial charge in [0.15, 0.2) is 0 Å². The molecule has 0 fully saturated rings. The maximum Gasteiger partial charge on any atom is 0.326 e. The van der Waals surface area contributed by atoms with Gasteiger partial charge in [0.05, 0.1) is 6.61 Å². The molecule has 0 aromatic heterocycles. The van der Waals surface area contributed by atoms with Crippen molar-refractivity contribution < 1.29 is 24.6 Å². The summed E-state index contributed by atoms with van der Waals surface area (Å²) in [7, 11) is 0. The number of carbonyl (C=O) groups excluding carboxylic acids is 2. The molecule has 8 heteroatoms. The molecule has 0 radical (unpaired) electrons. The summed E-state index contributed by atoms with van der Waals surface area (Å²) in [5.74, 6) is -2.74. The summed E-state index contributed by atoms with van der Waals surface area (Å²) in [6.45, 7) is 4.18. The third-order valence-electron chi connectivity index (χ3n) is 2.52. The lowest BCUT2D eigenvalue weighted by molar-refractivity contribution is -0.143. The summed E-state index contributed by atoms with van der Waals surface area (Å²) in [6, 6.07) is -3.08. The van der Waals surface area contributed by atoms with E-state index in [2.05, 4.69) is 10.6 Å². The first kappa shape index (κ1) is 17.3. The van der Waals surface area contributed by atoms with Crippen LogP contribution in [-0.2, 0) is 14.4 Å². The van der Waals surface area contributed by atoms with Crippen molar-refractivity contribution >= 4 is 17.8 Å². The van der Waals surface area contributed by atoms with Gasteiger partial charge in [-0.15, -0.1) is 0 Å². The van der Waals surface area contributed by atoms with Gasteiger partial charge in [-0.2, -0.15) is 0 Å². The van der Waals surface area contributed by atoms with E-state index in [0.29, 0.717) is 0 Å². The number of amides is 2. The summed E-state index contributed by atoms with van der Waals surface area (Å²) in [5.41, 5.74) is 5.27. The predicted molar refractivity (Wildman–Crippen MR) is 67.1 cm³/mol. The van der Waals surface area contributed by atoms with E-state index in [1.165, 1.54) is 6.92 Å². The second-order valence-electron chi connectivity index (χ2n) is 4.59. The van der Waals surface area contributed by atoms with Crippen LogP contribution in [0, 0.1) is 5.92 Å². The first-order valence-electron chi connectivity index (χ1n) is 5.90. The highest BCUT2D eigenvalue weighted by Gasteiger charge is 2.26. The number of hydrogen-bond acceptors (Lipinski definition) is 5. The summed E-state index contributed by atoms with van der Waals surface area (Å²) < 4.78 is 0. The summed E-state index contributed by atoms with van der Waals surface area (Å²) in [4.78, 5) is 34.0. The molecule has 0 aromatic carbocycles. The van der Waals surface area contributed by atoms with Crippen LogP contribution in [0.4, 0.5) is 0 Å². The zero-order valence-corrected chi connectivity index (χ0v) is 11.2. The fraction of sp³-hybridized carbons (Fsp3) is 0.727. The quantitative estimate of drug-likeness (QED) is 0.365. The molecule has 0 aromatic rings. The minimum Gasteiger partial charge on any atom is -0.480 e. The first-order chi connectivity index (χ1) is 8.70. The van der Waals surface area contributed by atoms with Gasteiger partial charge in [0.2, 0.25) is 11.8 Å². The lowest BCUT2D eigenvalue weighted by Crippen LogP contribution is -2.54. The van der Waals surface area contributed by atoms with Crippen molar-refractivity contribution in [3.05, 3.63) is 0 Å². The molecule has 0 rings (SSSR count). The van der Waals surface area contributed by atoms with Crippen LogP contribution in [0.15, 0.2) is 0 Å². The first-order valence-corrected chi connectivity index (χ1v) is 5.90. The minimum absolute atomic E-state index is 0.288. The lowest BCUT2D eigenvalue weighted by atomic mass is 10.0. The van der Waals surface area contributed by atoms with Crippen LogP contribution in [0.2, 0.25) is 0 Å². The third kappa shape index (κ3) is 5.66. The van der Waals surface area contributed by atoms with Gasteiger partial charge in [-0.05, 0) is 12.8 Å². The zero-order valence-electron chi connectivity index (χ0n) is 11.2. The maximum absolute atomic E-state index is 11.7. The molecule has 0 saturated heterocycles. The topological polar surface area (TPSA) is 142 Å². The molecule has 0 aliphatic rings. The highest BCUT2D eigenvalue weighted by atomic mass is 16.4. The number of carboxylic acids is 1. The average molecular weight is 275 g/mol. The fourth-order valence-corrected chi connectivity index (χ4v) is 1.26. The van der Waals surface area contributed by atoms with E-state index in [4.69, 9.17) is 15.9 Å². The van der Waals surface area contributed by atoms with Gasteiger partial charge in [0.1, 0.15) is 18.1 Å². The Morgan fingerprint density at radius 2 is 1.63 bits per heavy atom. The highest BCUT2D eigenvalue weighted by Crippen LogP contribution is 2.02. The van der Waals surface area contributed by atoms with Crippen LogP contribution in [0.5, 0.6) is 0 Å². The van der Waals surface area contributed by atoms with Crippen molar-refractivity contribution in [2.75, 3.05) is 6.61 Å². The van der Waals surface area contributed by atoms with Crippen molar-refractivity contribution in [3.63, 3.8) is 0 Å². The third-order valence-corrected chi connectivity index (χ3v) is 2.52. The molecule has 0 aliphatic carbocycles. The number of hydrogen-bond donors (Lipinski definition) is 5. The molecule has 0 bridgehead atoms. The van der Waals surface area contributed by atoms with Gasteiger partial charge in [0, 0.05) is 0 Å². The number of nitrogens with two attached hydrogens (primary N) is 1. The van der Waals surface area contributed by atoms with Gasteiger partial charge in [-0.25, -0.2) is 4.79 Å². The Labute approximate surface area is 111 Å². The summed E-state index contributed by atoms with van der Waals surface area (Å²) >= 11 is 0. The van der Waals surface area contributed by atoms with E-state index in [1.54, 1.807) is 13.8 Å². The number of nitrogens with one attached hydrogen (secondary N) is 2. The Morgan fingerprint density at radius 3 is 2.00 bits per heavy atom. The molecule has 0 saturated carbocycles. The second-order valence-corrected chi connectivity index (χ2v) is 4.59. The van der Waals surface area contributed by atoms with Crippen LogP contribution in [0.3, 0.4) is 0 Å². The van der Waals surface area contributed by atoms with Gasteiger partial charge < -0.3 is 26.6 Å². The average Bonchev–Trinajstić information content (AvgIpc) is 2.33. The smallest absolute Gasteiger partial charge is 0.326 e. The summed E-state index contributed by atoms with van der Waals surface area (Å²) in [6.07, 6.45) is 0. The largest absolute Gasteiger partial charge is 0.480 e. The normalized spacial score (nSPS) is 15.5. The molecule has 3 atom stereocenters. The Balaban J connectivity index is 4.49. The van der Waals surface area contributed by atoms with Crippen molar-refractivity contribution in [2.45, 2.75) is 38.9 Å². The molecule has 19 heavy (non-hydrogen) atoms. The van der Waals surface area contributed by atoms with Crippen LogP contribution >= 0.6 is 0 Å². The van der Waals surface area contributed by atoms with E-state index in [9.17, 15) is 14.4 Å². The van der Waals surface area contributed by atoms with E-state index < -0.39 is 42.5 Å². The standard InChI is InChI=1S/C11H21N3O5/c1-5(2)8(11(18)19)14-9(16)6(3)13-10(17)7(12)4-15/h5-8,15H,4,12H2,1-3H3,(H,13,17)(H,14,16)(H,18,19). The van der Waals surface area contributed by atoms with E-state index in [0.717, 1.165) is 0 Å². The fourth-order valence-electron chi connectivity index (χ4n) is 1.26.